The van der Waals surface area contributed by atoms with Crippen LogP contribution in [0.25, 0.3) is 0 Å². The molecular weight excluding hydrogens is 187 g/mol. The van der Waals surface area contributed by atoms with Crippen molar-refractivity contribution in [3.63, 3.8) is 0 Å². The van der Waals surface area contributed by atoms with E-state index in [0.717, 1.165) is 18.4 Å². The van der Waals surface area contributed by atoms with Crippen molar-refractivity contribution in [2.75, 3.05) is 0 Å². The fourth-order valence-electron chi connectivity index (χ4n) is 1.94. The minimum Gasteiger partial charge on any atom is -0.207 e. The molecule has 0 nitrogen and oxygen atoms in total. The molecule has 0 aromatic heterocycles. The van der Waals surface area contributed by atoms with Gasteiger partial charge in [-0.1, -0.05) is 24.9 Å². The monoisotopic (exact) mass is 198 g/mol. The van der Waals surface area contributed by atoms with Crippen molar-refractivity contribution in [1.82, 2.24) is 0 Å². The largest absolute Gasteiger partial charge is 0.207 e. The third-order valence-corrected chi connectivity index (χ3v) is 3.27. The van der Waals surface area contributed by atoms with E-state index in [4.69, 9.17) is 11.6 Å². The summed E-state index contributed by atoms with van der Waals surface area (Å²) >= 11 is 5.84. The highest BCUT2D eigenvalue weighted by molar-refractivity contribution is 6.30. The highest BCUT2D eigenvalue weighted by atomic mass is 35.5. The molecule has 2 rings (SSSR count). The fraction of sp³-hybridized carbons (Fsp3) is 0.455. The Balaban J connectivity index is 2.43. The van der Waals surface area contributed by atoms with Gasteiger partial charge in [0.05, 0.1) is 0 Å². The zero-order valence-electron chi connectivity index (χ0n) is 7.61. The van der Waals surface area contributed by atoms with Gasteiger partial charge in [-0.15, -0.1) is 0 Å². The average molecular weight is 199 g/mol. The number of benzene rings is 1. The maximum atomic E-state index is 13.4. The summed E-state index contributed by atoms with van der Waals surface area (Å²) in [6.07, 6.45) is 3.34. The van der Waals surface area contributed by atoms with E-state index in [1.807, 2.05) is 0 Å². The van der Waals surface area contributed by atoms with Crippen molar-refractivity contribution < 1.29 is 4.39 Å². The van der Waals surface area contributed by atoms with E-state index in [-0.39, 0.29) is 11.2 Å². The van der Waals surface area contributed by atoms with Gasteiger partial charge in [-0.3, -0.25) is 0 Å². The Kier molecular flexibility index (Phi) is 2.07. The topological polar surface area (TPSA) is 0 Å². The number of hydrogen-bond donors (Lipinski definition) is 0. The summed E-state index contributed by atoms with van der Waals surface area (Å²) in [4.78, 5) is 0. The van der Waals surface area contributed by atoms with E-state index in [0.29, 0.717) is 5.02 Å². The molecule has 0 heterocycles. The van der Waals surface area contributed by atoms with Crippen molar-refractivity contribution in [3.05, 3.63) is 34.6 Å². The second kappa shape index (κ2) is 2.98. The average Bonchev–Trinajstić information content (AvgIpc) is 2.05. The van der Waals surface area contributed by atoms with Gasteiger partial charge in [-0.05, 0) is 42.0 Å². The molecule has 1 aliphatic rings. The zero-order valence-corrected chi connectivity index (χ0v) is 8.37. The summed E-state index contributed by atoms with van der Waals surface area (Å²) in [6, 6.07) is 4.82. The van der Waals surface area contributed by atoms with Crippen molar-refractivity contribution in [2.24, 2.45) is 0 Å². The predicted molar refractivity (Wildman–Crippen MR) is 52.6 cm³/mol. The van der Waals surface area contributed by atoms with Gasteiger partial charge in [-0.2, -0.15) is 0 Å². The maximum absolute atomic E-state index is 13.4. The van der Waals surface area contributed by atoms with Gasteiger partial charge in [0, 0.05) is 5.02 Å². The summed E-state index contributed by atoms with van der Waals surface area (Å²) < 4.78 is 13.4. The lowest BCUT2D eigenvalue weighted by Gasteiger charge is -2.39. The van der Waals surface area contributed by atoms with Crippen LogP contribution in [0.3, 0.4) is 0 Å². The third kappa shape index (κ3) is 1.46. The number of halogens is 2. The Morgan fingerprint density at radius 1 is 1.38 bits per heavy atom. The normalized spacial score (nSPS) is 19.6. The van der Waals surface area contributed by atoms with Gasteiger partial charge < -0.3 is 0 Å². The van der Waals surface area contributed by atoms with Crippen LogP contribution in [0.4, 0.5) is 4.39 Å². The van der Waals surface area contributed by atoms with E-state index < -0.39 is 0 Å². The molecule has 2 heteroatoms. The van der Waals surface area contributed by atoms with Crippen molar-refractivity contribution in [3.8, 4) is 0 Å². The van der Waals surface area contributed by atoms with Gasteiger partial charge >= 0.3 is 0 Å². The van der Waals surface area contributed by atoms with Crippen LogP contribution in [0.2, 0.25) is 5.02 Å². The van der Waals surface area contributed by atoms with Gasteiger partial charge in [0.25, 0.3) is 0 Å². The first-order chi connectivity index (χ1) is 6.12. The molecule has 0 radical (unpaired) electrons. The molecule has 1 fully saturated rings. The first-order valence-corrected chi connectivity index (χ1v) is 4.95. The summed E-state index contributed by atoms with van der Waals surface area (Å²) in [7, 11) is 0. The third-order valence-electron chi connectivity index (χ3n) is 3.04. The van der Waals surface area contributed by atoms with Crippen LogP contribution in [-0.2, 0) is 5.41 Å². The smallest absolute Gasteiger partial charge is 0.127 e. The van der Waals surface area contributed by atoms with Gasteiger partial charge in [0.2, 0.25) is 0 Å². The highest BCUT2D eigenvalue weighted by Gasteiger charge is 2.35. The van der Waals surface area contributed by atoms with Crippen LogP contribution in [0.15, 0.2) is 18.2 Å². The lowest BCUT2D eigenvalue weighted by molar-refractivity contribution is 0.263. The van der Waals surface area contributed by atoms with Gasteiger partial charge in [0.15, 0.2) is 0 Å². The molecule has 70 valence electrons. The van der Waals surface area contributed by atoms with Crippen LogP contribution >= 0.6 is 11.6 Å². The lowest BCUT2D eigenvalue weighted by atomic mass is 9.66. The molecule has 0 spiro atoms. The van der Waals surface area contributed by atoms with E-state index >= 15 is 0 Å². The highest BCUT2D eigenvalue weighted by Crippen LogP contribution is 2.44. The number of hydrogen-bond acceptors (Lipinski definition) is 0. The fourth-order valence-corrected chi connectivity index (χ4v) is 2.11. The molecule has 0 amide bonds. The Morgan fingerprint density at radius 3 is 2.62 bits per heavy atom. The molecule has 0 atom stereocenters. The summed E-state index contributed by atoms with van der Waals surface area (Å²) in [5.41, 5.74) is 0.820. The van der Waals surface area contributed by atoms with Crippen molar-refractivity contribution >= 4 is 11.6 Å². The molecule has 1 aliphatic carbocycles. The number of rotatable bonds is 1. The molecular formula is C11H12ClF. The Hall–Kier alpha value is -0.560. The van der Waals surface area contributed by atoms with Crippen LogP contribution in [0.5, 0.6) is 0 Å². The quantitative estimate of drug-likeness (QED) is 0.642. The molecule has 1 aromatic carbocycles. The molecule has 0 bridgehead atoms. The summed E-state index contributed by atoms with van der Waals surface area (Å²) in [5.74, 6) is -0.119. The van der Waals surface area contributed by atoms with Crippen molar-refractivity contribution in [2.45, 2.75) is 31.6 Å². The van der Waals surface area contributed by atoms with E-state index in [9.17, 15) is 4.39 Å². The molecule has 0 N–H and O–H groups in total. The summed E-state index contributed by atoms with van der Waals surface area (Å²) in [6.45, 7) is 2.10. The SMILES string of the molecule is CC1(c2cc(Cl)ccc2F)CCC1. The molecule has 13 heavy (non-hydrogen) atoms. The first-order valence-electron chi connectivity index (χ1n) is 4.57. The van der Waals surface area contributed by atoms with E-state index in [1.54, 1.807) is 12.1 Å². The predicted octanol–water partition coefficient (Wildman–Crippen LogP) is 3.92. The van der Waals surface area contributed by atoms with E-state index in [2.05, 4.69) is 6.92 Å². The van der Waals surface area contributed by atoms with Crippen LogP contribution in [-0.4, -0.2) is 0 Å². The minimum absolute atomic E-state index is 0.0367. The standard InChI is InChI=1S/C11H12ClF/c1-11(5-2-6-11)9-7-8(12)3-4-10(9)13/h3-4,7H,2,5-6H2,1H3. The molecule has 1 aromatic rings. The molecule has 1 saturated carbocycles. The van der Waals surface area contributed by atoms with Crippen LogP contribution in [0, 0.1) is 5.82 Å². The second-order valence-electron chi connectivity index (χ2n) is 4.04. The van der Waals surface area contributed by atoms with E-state index in [1.165, 1.54) is 12.5 Å². The zero-order chi connectivity index (χ0) is 9.47. The Labute approximate surface area is 82.7 Å². The molecule has 0 saturated heterocycles. The van der Waals surface area contributed by atoms with Crippen molar-refractivity contribution in [1.29, 1.82) is 0 Å². The van der Waals surface area contributed by atoms with Gasteiger partial charge in [-0.25, -0.2) is 4.39 Å². The Bertz CT molecular complexity index is 329. The molecule has 0 unspecified atom stereocenters. The first kappa shape index (κ1) is 9.01. The maximum Gasteiger partial charge on any atom is 0.127 e. The molecule has 0 aliphatic heterocycles. The van der Waals surface area contributed by atoms with Crippen LogP contribution in [0.1, 0.15) is 31.7 Å². The van der Waals surface area contributed by atoms with Gasteiger partial charge in [0.1, 0.15) is 5.82 Å². The lowest BCUT2D eigenvalue weighted by Crippen LogP contribution is -2.31. The summed E-state index contributed by atoms with van der Waals surface area (Å²) in [5, 5.41) is 0.629. The second-order valence-corrected chi connectivity index (χ2v) is 4.47. The minimum atomic E-state index is -0.119. The Morgan fingerprint density at radius 2 is 2.08 bits per heavy atom. The van der Waals surface area contributed by atoms with Crippen LogP contribution < -0.4 is 0 Å².